The Balaban J connectivity index is 1.89. The topological polar surface area (TPSA) is 49.0 Å². The zero-order valence-electron chi connectivity index (χ0n) is 9.65. The summed E-state index contributed by atoms with van der Waals surface area (Å²) in [4.78, 5) is 21.5. The molecule has 0 aliphatic carbocycles. The number of likely N-dealkylation sites (tertiary alicyclic amines) is 1. The van der Waals surface area contributed by atoms with Crippen LogP contribution in [0.15, 0.2) is 24.4 Å². The average molecular weight is 229 g/mol. The summed E-state index contributed by atoms with van der Waals surface area (Å²) in [5, 5.41) is 0. The van der Waals surface area contributed by atoms with Gasteiger partial charge in [-0.15, -0.1) is 0 Å². The molecule has 1 fully saturated rings. The number of piperidine rings is 1. The first-order valence-corrected chi connectivity index (χ1v) is 6.07. The minimum absolute atomic E-state index is 0.0997. The maximum Gasteiger partial charge on any atom is 0.270 e. The molecule has 1 N–H and O–H groups in total. The van der Waals surface area contributed by atoms with E-state index in [1.165, 1.54) is 6.42 Å². The Labute approximate surface area is 99.6 Å². The van der Waals surface area contributed by atoms with Crippen LogP contribution in [0.3, 0.4) is 0 Å². The lowest BCUT2D eigenvalue weighted by Crippen LogP contribution is -2.35. The summed E-state index contributed by atoms with van der Waals surface area (Å²) in [5.74, 6) is 0.0997. The van der Waals surface area contributed by atoms with Crippen molar-refractivity contribution < 1.29 is 4.79 Å². The van der Waals surface area contributed by atoms with Gasteiger partial charge in [0.2, 0.25) is 0 Å². The number of rotatable bonds is 1. The van der Waals surface area contributed by atoms with Crippen LogP contribution < -0.4 is 0 Å². The van der Waals surface area contributed by atoms with E-state index < -0.39 is 0 Å². The lowest BCUT2D eigenvalue weighted by Gasteiger charge is -2.26. The average Bonchev–Trinajstić information content (AvgIpc) is 2.82. The lowest BCUT2D eigenvalue weighted by atomic mass is 10.1. The largest absolute Gasteiger partial charge is 0.349 e. The molecule has 0 radical (unpaired) electrons. The Bertz CT molecular complexity index is 507. The number of aromatic amines is 1. The maximum absolute atomic E-state index is 12.2. The Kier molecular flexibility index (Phi) is 2.55. The van der Waals surface area contributed by atoms with Crippen molar-refractivity contribution in [1.82, 2.24) is 14.9 Å². The second-order valence-electron chi connectivity index (χ2n) is 4.47. The van der Waals surface area contributed by atoms with Gasteiger partial charge in [-0.1, -0.05) is 0 Å². The Hall–Kier alpha value is -1.84. The number of nitrogens with zero attached hydrogens (tertiary/aromatic N) is 2. The summed E-state index contributed by atoms with van der Waals surface area (Å²) in [7, 11) is 0. The van der Waals surface area contributed by atoms with Crippen LogP contribution in [-0.4, -0.2) is 33.9 Å². The molecule has 88 valence electrons. The van der Waals surface area contributed by atoms with Crippen LogP contribution >= 0.6 is 0 Å². The quantitative estimate of drug-likeness (QED) is 0.814. The van der Waals surface area contributed by atoms with Crippen LogP contribution in [-0.2, 0) is 0 Å². The fourth-order valence-corrected chi connectivity index (χ4v) is 2.34. The molecule has 4 nitrogen and oxygen atoms in total. The number of hydrogen-bond acceptors (Lipinski definition) is 2. The predicted octanol–water partition coefficient (Wildman–Crippen LogP) is 2.19. The summed E-state index contributed by atoms with van der Waals surface area (Å²) in [6.45, 7) is 1.75. The van der Waals surface area contributed by atoms with Crippen LogP contribution in [0.4, 0.5) is 0 Å². The number of H-pyrrole nitrogens is 1. The predicted molar refractivity (Wildman–Crippen MR) is 65.8 cm³/mol. The Morgan fingerprint density at radius 3 is 2.88 bits per heavy atom. The summed E-state index contributed by atoms with van der Waals surface area (Å²) in [6.07, 6.45) is 5.21. The molecular weight excluding hydrogens is 214 g/mol. The fraction of sp³-hybridized carbons (Fsp3) is 0.385. The van der Waals surface area contributed by atoms with Gasteiger partial charge in [-0.2, -0.15) is 0 Å². The Morgan fingerprint density at radius 1 is 1.29 bits per heavy atom. The molecule has 0 saturated carbocycles. The van der Waals surface area contributed by atoms with Crippen LogP contribution in [0.2, 0.25) is 0 Å². The number of pyridine rings is 1. The molecular formula is C13H15N3O. The van der Waals surface area contributed by atoms with E-state index in [9.17, 15) is 4.79 Å². The van der Waals surface area contributed by atoms with E-state index in [1.807, 2.05) is 23.1 Å². The molecule has 3 heterocycles. The maximum atomic E-state index is 12.2. The first-order valence-electron chi connectivity index (χ1n) is 6.07. The van der Waals surface area contributed by atoms with Crippen molar-refractivity contribution in [2.45, 2.75) is 19.3 Å². The molecule has 3 rings (SSSR count). The number of hydrogen-bond donors (Lipinski definition) is 1. The van der Waals surface area contributed by atoms with Crippen molar-refractivity contribution in [3.05, 3.63) is 30.1 Å². The number of fused-ring (bicyclic) bond motifs is 1. The lowest BCUT2D eigenvalue weighted by molar-refractivity contribution is 0.0719. The molecule has 2 aromatic rings. The van der Waals surface area contributed by atoms with Gasteiger partial charge in [0.15, 0.2) is 0 Å². The van der Waals surface area contributed by atoms with Gasteiger partial charge in [-0.05, 0) is 37.5 Å². The molecule has 0 bridgehead atoms. The standard InChI is InChI=1S/C13H15N3O/c17-13(16-7-2-1-3-8-16)12-9-11-10(15-12)5-4-6-14-11/h4-6,9,15H,1-3,7-8H2. The molecule has 0 spiro atoms. The molecule has 1 aliphatic rings. The van der Waals surface area contributed by atoms with Crippen molar-refractivity contribution in [3.63, 3.8) is 0 Å². The van der Waals surface area contributed by atoms with Crippen molar-refractivity contribution in [2.24, 2.45) is 0 Å². The highest BCUT2D eigenvalue weighted by Gasteiger charge is 2.19. The molecule has 0 aromatic carbocycles. The minimum atomic E-state index is 0.0997. The molecule has 2 aromatic heterocycles. The van der Waals surface area contributed by atoms with Crippen LogP contribution in [0.1, 0.15) is 29.8 Å². The summed E-state index contributed by atoms with van der Waals surface area (Å²) < 4.78 is 0. The van der Waals surface area contributed by atoms with Crippen LogP contribution in [0, 0.1) is 0 Å². The van der Waals surface area contributed by atoms with Crippen molar-refractivity contribution in [3.8, 4) is 0 Å². The highest BCUT2D eigenvalue weighted by atomic mass is 16.2. The molecule has 4 heteroatoms. The fourth-order valence-electron chi connectivity index (χ4n) is 2.34. The molecule has 17 heavy (non-hydrogen) atoms. The van der Waals surface area contributed by atoms with E-state index in [0.717, 1.165) is 37.0 Å². The number of nitrogens with one attached hydrogen (secondary N) is 1. The molecule has 0 unspecified atom stereocenters. The van der Waals surface area contributed by atoms with Crippen LogP contribution in [0.5, 0.6) is 0 Å². The number of carbonyl (C=O) groups excluding carboxylic acids is 1. The molecule has 0 atom stereocenters. The molecule has 1 saturated heterocycles. The normalized spacial score (nSPS) is 16.4. The number of carbonyl (C=O) groups is 1. The Morgan fingerprint density at radius 2 is 2.12 bits per heavy atom. The third kappa shape index (κ3) is 1.90. The first kappa shape index (κ1) is 10.3. The summed E-state index contributed by atoms with van der Waals surface area (Å²) in [5.41, 5.74) is 2.43. The number of amides is 1. The van der Waals surface area contributed by atoms with Gasteiger partial charge in [0.05, 0.1) is 11.0 Å². The van der Waals surface area contributed by atoms with Gasteiger partial charge in [-0.25, -0.2) is 0 Å². The van der Waals surface area contributed by atoms with Gasteiger partial charge in [0.1, 0.15) is 5.69 Å². The van der Waals surface area contributed by atoms with Gasteiger partial charge in [0.25, 0.3) is 5.91 Å². The molecule has 1 aliphatic heterocycles. The highest BCUT2D eigenvalue weighted by Crippen LogP contribution is 2.16. The zero-order valence-corrected chi connectivity index (χ0v) is 9.65. The third-order valence-electron chi connectivity index (χ3n) is 3.26. The molecule has 1 amide bonds. The van der Waals surface area contributed by atoms with Crippen molar-refractivity contribution >= 4 is 16.9 Å². The summed E-state index contributed by atoms with van der Waals surface area (Å²) >= 11 is 0. The smallest absolute Gasteiger partial charge is 0.270 e. The minimum Gasteiger partial charge on any atom is -0.349 e. The second-order valence-corrected chi connectivity index (χ2v) is 4.47. The third-order valence-corrected chi connectivity index (χ3v) is 3.26. The monoisotopic (exact) mass is 229 g/mol. The zero-order chi connectivity index (χ0) is 11.7. The second kappa shape index (κ2) is 4.20. The van der Waals surface area contributed by atoms with Gasteiger partial charge < -0.3 is 9.88 Å². The van der Waals surface area contributed by atoms with E-state index in [1.54, 1.807) is 6.20 Å². The highest BCUT2D eigenvalue weighted by molar-refractivity contribution is 5.97. The van der Waals surface area contributed by atoms with Crippen LogP contribution in [0.25, 0.3) is 11.0 Å². The van der Waals surface area contributed by atoms with E-state index >= 15 is 0 Å². The van der Waals surface area contributed by atoms with Gasteiger partial charge >= 0.3 is 0 Å². The van der Waals surface area contributed by atoms with E-state index in [2.05, 4.69) is 9.97 Å². The van der Waals surface area contributed by atoms with E-state index in [4.69, 9.17) is 0 Å². The summed E-state index contributed by atoms with van der Waals surface area (Å²) in [6, 6.07) is 5.65. The van der Waals surface area contributed by atoms with Crippen molar-refractivity contribution in [1.29, 1.82) is 0 Å². The van der Waals surface area contributed by atoms with E-state index in [0.29, 0.717) is 5.69 Å². The van der Waals surface area contributed by atoms with Gasteiger partial charge in [-0.3, -0.25) is 9.78 Å². The number of aromatic nitrogens is 2. The SMILES string of the molecule is O=C(c1cc2ncccc2[nH]1)N1CCCCC1. The first-order chi connectivity index (χ1) is 8.34. The van der Waals surface area contributed by atoms with Gasteiger partial charge in [0, 0.05) is 19.3 Å². The van der Waals surface area contributed by atoms with E-state index in [-0.39, 0.29) is 5.91 Å². The van der Waals surface area contributed by atoms with Crippen molar-refractivity contribution in [2.75, 3.05) is 13.1 Å².